The van der Waals surface area contributed by atoms with E-state index in [1.807, 2.05) is 12.1 Å². The first kappa shape index (κ1) is 13.2. The third-order valence-corrected chi connectivity index (χ3v) is 2.57. The zero-order chi connectivity index (χ0) is 11.8. The zero-order valence-corrected chi connectivity index (χ0v) is 10.6. The highest BCUT2D eigenvalue weighted by molar-refractivity contribution is 9.08. The Labute approximate surface area is 103 Å². The molecular weight excluding hydrogens is 274 g/mol. The van der Waals surface area contributed by atoms with Crippen LogP contribution in [-0.2, 0) is 14.9 Å². The van der Waals surface area contributed by atoms with E-state index in [0.29, 0.717) is 18.8 Å². The fraction of sp³-hybridized carbons (Fsp3) is 0.364. The van der Waals surface area contributed by atoms with Crippen molar-refractivity contribution in [1.29, 1.82) is 0 Å². The predicted octanol–water partition coefficient (Wildman–Crippen LogP) is 1.89. The SMILES string of the molecule is COCCONC(=O)c1ccc(CBr)cc1. The van der Waals surface area contributed by atoms with Crippen LogP contribution in [0, 0.1) is 0 Å². The summed E-state index contributed by atoms with van der Waals surface area (Å²) >= 11 is 3.34. The Hall–Kier alpha value is -0.910. The summed E-state index contributed by atoms with van der Waals surface area (Å²) in [5, 5.41) is 0.777. The molecule has 4 nitrogen and oxygen atoms in total. The van der Waals surface area contributed by atoms with Gasteiger partial charge < -0.3 is 4.74 Å². The summed E-state index contributed by atoms with van der Waals surface area (Å²) in [4.78, 5) is 16.4. The number of hydrogen-bond acceptors (Lipinski definition) is 3. The number of hydrogen-bond donors (Lipinski definition) is 1. The smallest absolute Gasteiger partial charge is 0.274 e. The summed E-state index contributed by atoms with van der Waals surface area (Å²) in [6.07, 6.45) is 0. The minimum absolute atomic E-state index is 0.253. The van der Waals surface area contributed by atoms with Crippen LogP contribution in [0.1, 0.15) is 15.9 Å². The monoisotopic (exact) mass is 287 g/mol. The van der Waals surface area contributed by atoms with Crippen LogP contribution in [0.2, 0.25) is 0 Å². The molecule has 1 aromatic rings. The van der Waals surface area contributed by atoms with Crippen molar-refractivity contribution in [1.82, 2.24) is 5.48 Å². The van der Waals surface area contributed by atoms with E-state index in [4.69, 9.17) is 9.57 Å². The number of methoxy groups -OCH3 is 1. The van der Waals surface area contributed by atoms with E-state index < -0.39 is 0 Å². The van der Waals surface area contributed by atoms with Crippen molar-refractivity contribution >= 4 is 21.8 Å². The largest absolute Gasteiger partial charge is 0.382 e. The maximum Gasteiger partial charge on any atom is 0.274 e. The maximum absolute atomic E-state index is 11.5. The Kier molecular flexibility index (Phi) is 6.07. The van der Waals surface area contributed by atoms with Gasteiger partial charge in [0.1, 0.15) is 0 Å². The summed E-state index contributed by atoms with van der Waals surface area (Å²) in [5.74, 6) is -0.253. The summed E-state index contributed by atoms with van der Waals surface area (Å²) in [7, 11) is 1.57. The van der Waals surface area contributed by atoms with Crippen molar-refractivity contribution in [2.75, 3.05) is 20.3 Å². The van der Waals surface area contributed by atoms with Gasteiger partial charge in [-0.15, -0.1) is 0 Å². The summed E-state index contributed by atoms with van der Waals surface area (Å²) in [6.45, 7) is 0.782. The molecule has 0 aliphatic rings. The van der Waals surface area contributed by atoms with Crippen LogP contribution in [0.5, 0.6) is 0 Å². The molecule has 0 saturated heterocycles. The van der Waals surface area contributed by atoms with Crippen LogP contribution in [0.15, 0.2) is 24.3 Å². The van der Waals surface area contributed by atoms with Crippen molar-refractivity contribution in [3.05, 3.63) is 35.4 Å². The Bertz CT molecular complexity index is 327. The van der Waals surface area contributed by atoms with Gasteiger partial charge in [-0.05, 0) is 17.7 Å². The molecule has 0 spiro atoms. The lowest BCUT2D eigenvalue weighted by molar-refractivity contribution is 0.00889. The van der Waals surface area contributed by atoms with Crippen molar-refractivity contribution in [2.24, 2.45) is 0 Å². The molecule has 1 amide bonds. The molecule has 16 heavy (non-hydrogen) atoms. The van der Waals surface area contributed by atoms with Gasteiger partial charge in [0.15, 0.2) is 0 Å². The molecule has 5 heteroatoms. The molecule has 0 aromatic heterocycles. The van der Waals surface area contributed by atoms with Gasteiger partial charge in [-0.25, -0.2) is 5.48 Å². The molecule has 0 radical (unpaired) electrons. The third-order valence-electron chi connectivity index (χ3n) is 1.92. The number of ether oxygens (including phenoxy) is 1. The molecule has 0 fully saturated rings. The van der Waals surface area contributed by atoms with Crippen LogP contribution >= 0.6 is 15.9 Å². The molecule has 0 saturated carbocycles. The van der Waals surface area contributed by atoms with E-state index in [-0.39, 0.29) is 5.91 Å². The van der Waals surface area contributed by atoms with Crippen LogP contribution in [0.4, 0.5) is 0 Å². The predicted molar refractivity (Wildman–Crippen MR) is 64.4 cm³/mol. The fourth-order valence-electron chi connectivity index (χ4n) is 1.05. The van der Waals surface area contributed by atoms with Gasteiger partial charge in [-0.3, -0.25) is 9.63 Å². The van der Waals surface area contributed by atoms with Gasteiger partial charge in [-0.1, -0.05) is 28.1 Å². The number of nitrogens with one attached hydrogen (secondary N) is 1. The number of alkyl halides is 1. The quantitative estimate of drug-likeness (QED) is 0.494. The molecule has 0 atom stereocenters. The lowest BCUT2D eigenvalue weighted by Crippen LogP contribution is -2.25. The molecular formula is C11H14BrNO3. The first-order valence-electron chi connectivity index (χ1n) is 4.84. The summed E-state index contributed by atoms with van der Waals surface area (Å²) < 4.78 is 4.78. The van der Waals surface area contributed by atoms with E-state index in [0.717, 1.165) is 10.9 Å². The molecule has 0 heterocycles. The molecule has 1 aromatic carbocycles. The van der Waals surface area contributed by atoms with Crippen LogP contribution < -0.4 is 5.48 Å². The number of carbonyl (C=O) groups is 1. The second-order valence-corrected chi connectivity index (χ2v) is 3.66. The average molecular weight is 288 g/mol. The number of carbonyl (C=O) groups excluding carboxylic acids is 1. The number of amides is 1. The first-order valence-corrected chi connectivity index (χ1v) is 5.96. The molecule has 88 valence electrons. The van der Waals surface area contributed by atoms with Gasteiger partial charge >= 0.3 is 0 Å². The lowest BCUT2D eigenvalue weighted by Gasteiger charge is -2.05. The van der Waals surface area contributed by atoms with Gasteiger partial charge in [-0.2, -0.15) is 0 Å². The van der Waals surface area contributed by atoms with E-state index in [1.165, 1.54) is 0 Å². The van der Waals surface area contributed by atoms with Gasteiger partial charge in [0.05, 0.1) is 13.2 Å². The third kappa shape index (κ3) is 4.30. The Morgan fingerprint density at radius 3 is 2.56 bits per heavy atom. The zero-order valence-electron chi connectivity index (χ0n) is 9.03. The Balaban J connectivity index is 2.40. The number of halogens is 1. The summed E-state index contributed by atoms with van der Waals surface area (Å²) in [5.41, 5.74) is 4.03. The maximum atomic E-state index is 11.5. The second kappa shape index (κ2) is 7.38. The fourth-order valence-corrected chi connectivity index (χ4v) is 1.42. The van der Waals surface area contributed by atoms with Gasteiger partial charge in [0.2, 0.25) is 0 Å². The van der Waals surface area contributed by atoms with E-state index in [1.54, 1.807) is 19.2 Å². The molecule has 0 unspecified atom stereocenters. The molecule has 0 aliphatic carbocycles. The number of benzene rings is 1. The highest BCUT2D eigenvalue weighted by atomic mass is 79.9. The van der Waals surface area contributed by atoms with Crippen molar-refractivity contribution < 1.29 is 14.4 Å². The van der Waals surface area contributed by atoms with E-state index >= 15 is 0 Å². The van der Waals surface area contributed by atoms with Crippen LogP contribution in [-0.4, -0.2) is 26.2 Å². The molecule has 0 aliphatic heterocycles. The number of hydroxylamine groups is 1. The summed E-state index contributed by atoms with van der Waals surface area (Å²) in [6, 6.07) is 7.29. The molecule has 1 N–H and O–H groups in total. The standard InChI is InChI=1S/C11H14BrNO3/c1-15-6-7-16-13-11(14)10-4-2-9(8-12)3-5-10/h2-5H,6-8H2,1H3,(H,13,14). The topological polar surface area (TPSA) is 47.6 Å². The second-order valence-electron chi connectivity index (χ2n) is 3.10. The lowest BCUT2D eigenvalue weighted by atomic mass is 10.1. The highest BCUT2D eigenvalue weighted by Gasteiger charge is 2.04. The van der Waals surface area contributed by atoms with E-state index in [9.17, 15) is 4.79 Å². The van der Waals surface area contributed by atoms with Gasteiger partial charge in [0, 0.05) is 18.0 Å². The van der Waals surface area contributed by atoms with Crippen molar-refractivity contribution in [3.63, 3.8) is 0 Å². The van der Waals surface area contributed by atoms with Gasteiger partial charge in [0.25, 0.3) is 5.91 Å². The normalized spacial score (nSPS) is 10.1. The Morgan fingerprint density at radius 2 is 2.00 bits per heavy atom. The Morgan fingerprint density at radius 1 is 1.31 bits per heavy atom. The van der Waals surface area contributed by atoms with Crippen molar-refractivity contribution in [3.8, 4) is 0 Å². The molecule has 0 bridgehead atoms. The molecule has 1 rings (SSSR count). The highest BCUT2D eigenvalue weighted by Crippen LogP contribution is 2.07. The first-order chi connectivity index (χ1) is 7.77. The number of rotatable bonds is 6. The van der Waals surface area contributed by atoms with Crippen molar-refractivity contribution in [2.45, 2.75) is 5.33 Å². The minimum atomic E-state index is -0.253. The minimum Gasteiger partial charge on any atom is -0.382 e. The van der Waals surface area contributed by atoms with Crippen LogP contribution in [0.3, 0.4) is 0 Å². The van der Waals surface area contributed by atoms with Crippen LogP contribution in [0.25, 0.3) is 0 Å². The average Bonchev–Trinajstić information content (AvgIpc) is 2.34. The van der Waals surface area contributed by atoms with E-state index in [2.05, 4.69) is 21.4 Å².